The van der Waals surface area contributed by atoms with Crippen molar-refractivity contribution in [3.8, 4) is 0 Å². The normalized spacial score (nSPS) is 13.8. The van der Waals surface area contributed by atoms with Crippen LogP contribution in [0.5, 0.6) is 0 Å². The lowest BCUT2D eigenvalue weighted by Gasteiger charge is -2.32. The number of piperazine rings is 1. The Morgan fingerprint density at radius 3 is 2.03 bits per heavy atom. The van der Waals surface area contributed by atoms with Crippen LogP contribution in [0.25, 0.3) is 10.9 Å². The van der Waals surface area contributed by atoms with E-state index in [0.717, 1.165) is 59.8 Å². The Hall–Kier alpha value is -4.47. The van der Waals surface area contributed by atoms with Crippen LogP contribution >= 0.6 is 11.6 Å². The zero-order valence-corrected chi connectivity index (χ0v) is 22.2. The molecule has 6 rings (SSSR count). The fraction of sp³-hybridized carbons (Fsp3) is 0.172. The average molecular weight is 538 g/mol. The van der Waals surface area contributed by atoms with Gasteiger partial charge < -0.3 is 25.8 Å². The minimum atomic E-state index is 0.482. The van der Waals surface area contributed by atoms with E-state index >= 15 is 0 Å². The van der Waals surface area contributed by atoms with E-state index in [1.807, 2.05) is 78.9 Å². The van der Waals surface area contributed by atoms with E-state index in [1.165, 1.54) is 0 Å². The predicted molar refractivity (Wildman–Crippen MR) is 159 cm³/mol. The summed E-state index contributed by atoms with van der Waals surface area (Å²) in [5.41, 5.74) is 4.54. The van der Waals surface area contributed by atoms with Gasteiger partial charge in [-0.2, -0.15) is 15.0 Å². The van der Waals surface area contributed by atoms with Gasteiger partial charge in [-0.1, -0.05) is 29.8 Å². The number of halogens is 1. The third kappa shape index (κ3) is 6.00. The van der Waals surface area contributed by atoms with Gasteiger partial charge in [0, 0.05) is 65.5 Å². The van der Waals surface area contributed by atoms with Crippen LogP contribution in [-0.2, 0) is 0 Å². The van der Waals surface area contributed by atoms with Crippen LogP contribution in [0.15, 0.2) is 85.1 Å². The lowest BCUT2D eigenvalue weighted by molar-refractivity contribution is 0.311. The van der Waals surface area contributed by atoms with E-state index in [2.05, 4.69) is 42.8 Å². The summed E-state index contributed by atoms with van der Waals surface area (Å²) in [4.78, 5) is 23.0. The molecule has 9 nitrogen and oxygen atoms in total. The molecular weight excluding hydrogens is 510 g/mol. The number of para-hydroxylation sites is 1. The van der Waals surface area contributed by atoms with E-state index in [4.69, 9.17) is 21.6 Å². The number of aromatic nitrogens is 4. The molecular formula is C29H28ClN9. The fourth-order valence-electron chi connectivity index (χ4n) is 4.43. The standard InChI is InChI=1S/C29H28ClN9/c1-38-15-17-39(18-16-38)29-36-27(33-21-5-3-2-4-6-21)35-28(37-29)34-23-10-8-22(9-11-23)32-25-13-14-31-26-19-20(30)7-12-24(25)26/h2-14,19H,15-18H2,1H3,(H,31,32)(H2,33,34,35,36,37). The first kappa shape index (κ1) is 24.8. The number of hydrogen-bond acceptors (Lipinski definition) is 9. The SMILES string of the molecule is CN1CCN(c2nc(Nc3ccccc3)nc(Nc3ccc(Nc4ccnc5cc(Cl)ccc45)cc3)n2)CC1. The molecule has 0 amide bonds. The minimum absolute atomic E-state index is 0.482. The van der Waals surface area contributed by atoms with Crippen molar-refractivity contribution < 1.29 is 0 Å². The topological polar surface area (TPSA) is 94.1 Å². The average Bonchev–Trinajstić information content (AvgIpc) is 2.95. The van der Waals surface area contributed by atoms with Crippen molar-refractivity contribution in [3.63, 3.8) is 0 Å². The van der Waals surface area contributed by atoms with Crippen molar-refractivity contribution >= 4 is 63.1 Å². The summed E-state index contributed by atoms with van der Waals surface area (Å²) in [7, 11) is 2.13. The summed E-state index contributed by atoms with van der Waals surface area (Å²) in [6.45, 7) is 3.65. The molecule has 2 aromatic heterocycles. The zero-order valence-electron chi connectivity index (χ0n) is 21.5. The van der Waals surface area contributed by atoms with E-state index in [1.54, 1.807) is 6.20 Å². The maximum atomic E-state index is 6.13. The number of anilines is 7. The highest BCUT2D eigenvalue weighted by molar-refractivity contribution is 6.31. The van der Waals surface area contributed by atoms with Crippen LogP contribution in [0.1, 0.15) is 0 Å². The fourth-order valence-corrected chi connectivity index (χ4v) is 4.59. The Morgan fingerprint density at radius 2 is 1.33 bits per heavy atom. The first-order chi connectivity index (χ1) is 19.1. The van der Waals surface area contributed by atoms with Crippen LogP contribution in [-0.4, -0.2) is 58.1 Å². The van der Waals surface area contributed by atoms with Gasteiger partial charge in [-0.25, -0.2) is 0 Å². The summed E-state index contributed by atoms with van der Waals surface area (Å²) < 4.78 is 0. The Kier molecular flexibility index (Phi) is 7.07. The highest BCUT2D eigenvalue weighted by Gasteiger charge is 2.19. The first-order valence-corrected chi connectivity index (χ1v) is 13.2. The van der Waals surface area contributed by atoms with Crippen molar-refractivity contribution in [2.45, 2.75) is 0 Å². The number of likely N-dealkylation sites (N-methyl/N-ethyl adjacent to an activating group) is 1. The summed E-state index contributed by atoms with van der Waals surface area (Å²) in [6, 6.07) is 25.6. The summed E-state index contributed by atoms with van der Waals surface area (Å²) >= 11 is 6.13. The summed E-state index contributed by atoms with van der Waals surface area (Å²) in [5, 5.41) is 11.8. The number of nitrogens with one attached hydrogen (secondary N) is 3. The number of rotatable bonds is 7. The van der Waals surface area contributed by atoms with Gasteiger partial charge in [0.05, 0.1) is 5.52 Å². The molecule has 10 heteroatoms. The molecule has 39 heavy (non-hydrogen) atoms. The molecule has 0 atom stereocenters. The van der Waals surface area contributed by atoms with Crippen LogP contribution in [0.2, 0.25) is 5.02 Å². The molecule has 1 aliphatic heterocycles. The minimum Gasteiger partial charge on any atom is -0.355 e. The second kappa shape index (κ2) is 11.1. The van der Waals surface area contributed by atoms with Crippen LogP contribution < -0.4 is 20.9 Å². The zero-order chi connectivity index (χ0) is 26.6. The molecule has 0 radical (unpaired) electrons. The number of benzene rings is 3. The van der Waals surface area contributed by atoms with Crippen molar-refractivity contribution in [2.24, 2.45) is 0 Å². The Balaban J connectivity index is 1.22. The van der Waals surface area contributed by atoms with Crippen LogP contribution in [0.4, 0.5) is 40.6 Å². The maximum Gasteiger partial charge on any atom is 0.233 e. The Bertz CT molecular complexity index is 1570. The van der Waals surface area contributed by atoms with Gasteiger partial charge in [0.25, 0.3) is 0 Å². The van der Waals surface area contributed by atoms with Crippen molar-refractivity contribution in [3.05, 3.63) is 90.1 Å². The van der Waals surface area contributed by atoms with Gasteiger partial charge in [0.15, 0.2) is 0 Å². The van der Waals surface area contributed by atoms with Crippen molar-refractivity contribution in [1.29, 1.82) is 0 Å². The van der Waals surface area contributed by atoms with Crippen molar-refractivity contribution in [2.75, 3.05) is 54.1 Å². The largest absolute Gasteiger partial charge is 0.355 e. The van der Waals surface area contributed by atoms with E-state index < -0.39 is 0 Å². The molecule has 1 aliphatic rings. The second-order valence-electron chi connectivity index (χ2n) is 9.41. The van der Waals surface area contributed by atoms with Crippen LogP contribution in [0.3, 0.4) is 0 Å². The lowest BCUT2D eigenvalue weighted by Crippen LogP contribution is -2.45. The molecule has 0 aliphatic carbocycles. The molecule has 3 heterocycles. The summed E-state index contributed by atoms with van der Waals surface area (Å²) in [6.07, 6.45) is 1.77. The highest BCUT2D eigenvalue weighted by atomic mass is 35.5. The molecule has 0 bridgehead atoms. The third-order valence-corrected chi connectivity index (χ3v) is 6.80. The van der Waals surface area contributed by atoms with E-state index in [9.17, 15) is 0 Å². The predicted octanol–water partition coefficient (Wildman–Crippen LogP) is 6.06. The van der Waals surface area contributed by atoms with Crippen LogP contribution in [0, 0.1) is 0 Å². The van der Waals surface area contributed by atoms with E-state index in [0.29, 0.717) is 22.9 Å². The first-order valence-electron chi connectivity index (χ1n) is 12.8. The molecule has 3 N–H and O–H groups in total. The molecule has 1 saturated heterocycles. The van der Waals surface area contributed by atoms with Crippen molar-refractivity contribution in [1.82, 2.24) is 24.8 Å². The van der Waals surface area contributed by atoms with Gasteiger partial charge in [0.1, 0.15) is 0 Å². The molecule has 0 unspecified atom stereocenters. The third-order valence-electron chi connectivity index (χ3n) is 6.56. The number of hydrogen-bond donors (Lipinski definition) is 3. The Morgan fingerprint density at radius 1 is 0.692 bits per heavy atom. The molecule has 5 aromatic rings. The highest BCUT2D eigenvalue weighted by Crippen LogP contribution is 2.28. The number of pyridine rings is 1. The molecule has 3 aromatic carbocycles. The smallest absolute Gasteiger partial charge is 0.233 e. The second-order valence-corrected chi connectivity index (χ2v) is 9.85. The molecule has 0 spiro atoms. The van der Waals surface area contributed by atoms with Gasteiger partial charge in [0.2, 0.25) is 17.8 Å². The van der Waals surface area contributed by atoms with Gasteiger partial charge in [-0.3, -0.25) is 4.98 Å². The Labute approximate surface area is 231 Å². The molecule has 196 valence electrons. The van der Waals surface area contributed by atoms with Gasteiger partial charge in [-0.15, -0.1) is 0 Å². The monoisotopic (exact) mass is 537 g/mol. The molecule has 0 saturated carbocycles. The van der Waals surface area contributed by atoms with Gasteiger partial charge >= 0.3 is 0 Å². The lowest BCUT2D eigenvalue weighted by atomic mass is 10.2. The summed E-state index contributed by atoms with van der Waals surface area (Å²) in [5.74, 6) is 1.63. The quantitative estimate of drug-likeness (QED) is 0.229. The number of nitrogens with zero attached hydrogens (tertiary/aromatic N) is 6. The van der Waals surface area contributed by atoms with E-state index in [-0.39, 0.29) is 0 Å². The molecule has 1 fully saturated rings. The maximum absolute atomic E-state index is 6.13. The van der Waals surface area contributed by atoms with Gasteiger partial charge in [-0.05, 0) is 67.7 Å². The number of fused-ring (bicyclic) bond motifs is 1.